The zero-order chi connectivity index (χ0) is 20.2. The number of hydrogen-bond acceptors (Lipinski definition) is 6. The summed E-state index contributed by atoms with van der Waals surface area (Å²) in [6.45, 7) is 3.37. The molecule has 0 amide bonds. The molecule has 0 aliphatic carbocycles. The lowest BCUT2D eigenvalue weighted by atomic mass is 10.1. The second-order valence-corrected chi connectivity index (χ2v) is 8.29. The van der Waals surface area contributed by atoms with E-state index in [1.54, 1.807) is 11.3 Å². The van der Waals surface area contributed by atoms with Gasteiger partial charge in [-0.25, -0.2) is 0 Å². The lowest BCUT2D eigenvalue weighted by Gasteiger charge is -2.05. The minimum Gasteiger partial charge on any atom is -0.346 e. The van der Waals surface area contributed by atoms with E-state index in [1.165, 1.54) is 11.8 Å². The Morgan fingerprint density at radius 1 is 1.24 bits per heavy atom. The van der Waals surface area contributed by atoms with Crippen molar-refractivity contribution in [1.29, 1.82) is 5.26 Å². The van der Waals surface area contributed by atoms with Crippen LogP contribution < -0.4 is 0 Å². The number of Topliss-reactive ketones (excluding diaryl/α,β-unsaturated/α-hetero) is 1. The molecule has 0 bridgehead atoms. The smallest absolute Gasteiger partial charge is 0.191 e. The molecule has 0 spiro atoms. The molecule has 0 atom stereocenters. The Balaban J connectivity index is 1.56. The third kappa shape index (κ3) is 3.84. The Bertz CT molecular complexity index is 1180. The highest BCUT2D eigenvalue weighted by atomic mass is 32.2. The molecule has 146 valence electrons. The fourth-order valence-electron chi connectivity index (χ4n) is 3.30. The third-order valence-corrected chi connectivity index (χ3v) is 6.49. The van der Waals surface area contributed by atoms with E-state index in [9.17, 15) is 4.79 Å². The van der Waals surface area contributed by atoms with Gasteiger partial charge in [0.2, 0.25) is 0 Å². The first-order valence-corrected chi connectivity index (χ1v) is 11.2. The zero-order valence-electron chi connectivity index (χ0n) is 15.9. The summed E-state index contributed by atoms with van der Waals surface area (Å²) in [5.74, 6) is 1.17. The molecule has 3 heterocycles. The van der Waals surface area contributed by atoms with Crippen LogP contribution in [0.15, 0.2) is 53.1 Å². The van der Waals surface area contributed by atoms with E-state index in [0.717, 1.165) is 33.3 Å². The first kappa shape index (κ1) is 19.4. The molecule has 0 N–H and O–H groups in total. The highest BCUT2D eigenvalue weighted by molar-refractivity contribution is 7.99. The second kappa shape index (κ2) is 8.64. The van der Waals surface area contributed by atoms with Crippen LogP contribution in [0.1, 0.15) is 23.7 Å². The van der Waals surface area contributed by atoms with Crippen molar-refractivity contribution in [3.8, 4) is 16.8 Å². The van der Waals surface area contributed by atoms with Crippen LogP contribution in [0, 0.1) is 11.3 Å². The molecule has 4 aromatic rings. The van der Waals surface area contributed by atoms with Gasteiger partial charge in [0.25, 0.3) is 0 Å². The van der Waals surface area contributed by atoms with Gasteiger partial charge in [0.1, 0.15) is 0 Å². The molecule has 4 rings (SSSR count). The van der Waals surface area contributed by atoms with E-state index in [1.807, 2.05) is 57.1 Å². The number of para-hydroxylation sites is 1. The van der Waals surface area contributed by atoms with Gasteiger partial charge in [0, 0.05) is 35.8 Å². The fourth-order valence-corrected chi connectivity index (χ4v) is 4.90. The maximum absolute atomic E-state index is 13.0. The van der Waals surface area contributed by atoms with Crippen LogP contribution in [-0.4, -0.2) is 30.9 Å². The highest BCUT2D eigenvalue weighted by Crippen LogP contribution is 2.28. The van der Waals surface area contributed by atoms with Crippen LogP contribution in [-0.2, 0) is 13.1 Å². The van der Waals surface area contributed by atoms with Gasteiger partial charge in [-0.2, -0.15) is 5.26 Å². The molecule has 0 aliphatic heterocycles. The van der Waals surface area contributed by atoms with Crippen LogP contribution in [0.5, 0.6) is 0 Å². The third-order valence-electron chi connectivity index (χ3n) is 4.66. The Morgan fingerprint density at radius 2 is 2.10 bits per heavy atom. The molecule has 0 fully saturated rings. The minimum atomic E-state index is 0.0465. The molecule has 0 radical (unpaired) electrons. The van der Waals surface area contributed by atoms with Crippen molar-refractivity contribution < 1.29 is 4.79 Å². The standard InChI is InChI=1S/C21H19N5OS2/c1-2-26-20(19-9-5-12-28-19)23-24-21(26)29-14-18(27)16-13-25(11-6-10-22)17-8-4-3-7-15(16)17/h3-5,7-9,12-13H,2,6,11,14H2,1H3. The average Bonchev–Trinajstić information content (AvgIpc) is 3.48. The number of rotatable bonds is 8. The Hall–Kier alpha value is -2.89. The first-order valence-electron chi connectivity index (χ1n) is 9.30. The topological polar surface area (TPSA) is 76.5 Å². The summed E-state index contributed by atoms with van der Waals surface area (Å²) in [5, 5.41) is 21.2. The maximum Gasteiger partial charge on any atom is 0.191 e. The largest absolute Gasteiger partial charge is 0.346 e. The zero-order valence-corrected chi connectivity index (χ0v) is 17.5. The highest BCUT2D eigenvalue weighted by Gasteiger charge is 2.18. The SMILES string of the molecule is CCn1c(SCC(=O)c2cn(CCC#N)c3ccccc23)nnc1-c1cccs1. The molecule has 29 heavy (non-hydrogen) atoms. The van der Waals surface area contributed by atoms with E-state index in [0.29, 0.717) is 18.5 Å². The minimum absolute atomic E-state index is 0.0465. The number of carbonyl (C=O) groups excluding carboxylic acids is 1. The van der Waals surface area contributed by atoms with Crippen molar-refractivity contribution in [2.45, 2.75) is 31.6 Å². The molecular formula is C21H19N5OS2. The first-order chi connectivity index (χ1) is 14.2. The summed E-state index contributed by atoms with van der Waals surface area (Å²) in [7, 11) is 0. The predicted molar refractivity (Wildman–Crippen MR) is 116 cm³/mol. The predicted octanol–water partition coefficient (Wildman–Crippen LogP) is 4.87. The average molecular weight is 422 g/mol. The van der Waals surface area contributed by atoms with E-state index in [4.69, 9.17) is 5.26 Å². The number of aryl methyl sites for hydroxylation is 1. The number of fused-ring (bicyclic) bond motifs is 1. The fraction of sp³-hybridized carbons (Fsp3) is 0.238. The normalized spacial score (nSPS) is 11.0. The van der Waals surface area contributed by atoms with Crippen LogP contribution in [0.25, 0.3) is 21.6 Å². The summed E-state index contributed by atoms with van der Waals surface area (Å²) < 4.78 is 4.03. The molecule has 6 nitrogen and oxygen atoms in total. The molecule has 8 heteroatoms. The molecule has 0 saturated heterocycles. The van der Waals surface area contributed by atoms with Gasteiger partial charge in [0.15, 0.2) is 16.8 Å². The van der Waals surface area contributed by atoms with Crippen LogP contribution in [0.4, 0.5) is 0 Å². The molecule has 0 unspecified atom stereocenters. The lowest BCUT2D eigenvalue weighted by molar-refractivity contribution is 0.102. The van der Waals surface area contributed by atoms with Gasteiger partial charge >= 0.3 is 0 Å². The summed E-state index contributed by atoms with van der Waals surface area (Å²) >= 11 is 3.04. The van der Waals surface area contributed by atoms with E-state index in [2.05, 4.69) is 23.2 Å². The quantitative estimate of drug-likeness (QED) is 0.300. The number of aromatic nitrogens is 4. The van der Waals surface area contributed by atoms with Gasteiger partial charge in [-0.05, 0) is 24.4 Å². The molecule has 1 aromatic carbocycles. The number of ketones is 1. The number of benzene rings is 1. The van der Waals surface area contributed by atoms with Crippen molar-refractivity contribution >= 4 is 39.8 Å². The van der Waals surface area contributed by atoms with Crippen molar-refractivity contribution in [1.82, 2.24) is 19.3 Å². The maximum atomic E-state index is 13.0. The van der Waals surface area contributed by atoms with E-state index in [-0.39, 0.29) is 11.5 Å². The summed E-state index contributed by atoms with van der Waals surface area (Å²) in [6, 6.07) is 14.0. The second-order valence-electron chi connectivity index (χ2n) is 6.40. The van der Waals surface area contributed by atoms with Crippen LogP contribution in [0.3, 0.4) is 0 Å². The van der Waals surface area contributed by atoms with Gasteiger partial charge in [-0.1, -0.05) is 36.0 Å². The molecule has 0 aliphatic rings. The lowest BCUT2D eigenvalue weighted by Crippen LogP contribution is -2.05. The van der Waals surface area contributed by atoms with Crippen molar-refractivity contribution in [3.63, 3.8) is 0 Å². The Kier molecular flexibility index (Phi) is 5.79. The summed E-state index contributed by atoms with van der Waals surface area (Å²) in [4.78, 5) is 14.1. The summed E-state index contributed by atoms with van der Waals surface area (Å²) in [6.07, 6.45) is 2.28. The van der Waals surface area contributed by atoms with Gasteiger partial charge in [-0.15, -0.1) is 21.5 Å². The Morgan fingerprint density at radius 3 is 2.86 bits per heavy atom. The van der Waals surface area contributed by atoms with Gasteiger partial charge in [0.05, 0.1) is 23.1 Å². The number of nitrogens with zero attached hydrogens (tertiary/aromatic N) is 5. The number of thiophene rings is 1. The van der Waals surface area contributed by atoms with Crippen molar-refractivity contribution in [2.24, 2.45) is 0 Å². The van der Waals surface area contributed by atoms with Crippen LogP contribution in [0.2, 0.25) is 0 Å². The molecular weight excluding hydrogens is 402 g/mol. The molecule has 0 saturated carbocycles. The monoisotopic (exact) mass is 421 g/mol. The van der Waals surface area contributed by atoms with Gasteiger partial charge < -0.3 is 9.13 Å². The van der Waals surface area contributed by atoms with E-state index < -0.39 is 0 Å². The molecule has 3 aromatic heterocycles. The number of hydrogen-bond donors (Lipinski definition) is 0. The van der Waals surface area contributed by atoms with E-state index >= 15 is 0 Å². The van der Waals surface area contributed by atoms with Crippen LogP contribution >= 0.6 is 23.1 Å². The number of nitriles is 1. The number of thioether (sulfide) groups is 1. The van der Waals surface area contributed by atoms with Gasteiger partial charge in [-0.3, -0.25) is 4.79 Å². The van der Waals surface area contributed by atoms with Crippen molar-refractivity contribution in [2.75, 3.05) is 5.75 Å². The van der Waals surface area contributed by atoms with Crippen molar-refractivity contribution in [3.05, 3.63) is 53.5 Å². The Labute approximate surface area is 176 Å². The summed E-state index contributed by atoms with van der Waals surface area (Å²) in [5.41, 5.74) is 1.67. The number of carbonyl (C=O) groups is 1.